The summed E-state index contributed by atoms with van der Waals surface area (Å²) in [6, 6.07) is 15.1. The zero-order valence-electron chi connectivity index (χ0n) is 15.9. The highest BCUT2D eigenvalue weighted by atomic mass is 32.1. The van der Waals surface area contributed by atoms with Crippen molar-refractivity contribution in [2.75, 3.05) is 12.4 Å². The normalized spacial score (nSPS) is 10.6. The van der Waals surface area contributed by atoms with Crippen LogP contribution in [0.3, 0.4) is 0 Å². The molecule has 0 aliphatic heterocycles. The first-order valence-electron chi connectivity index (χ1n) is 8.82. The fourth-order valence-electron chi connectivity index (χ4n) is 2.43. The highest BCUT2D eigenvalue weighted by Gasteiger charge is 2.09. The van der Waals surface area contributed by atoms with E-state index in [9.17, 15) is 0 Å². The Morgan fingerprint density at radius 3 is 2.64 bits per heavy atom. The predicted octanol–water partition coefficient (Wildman–Crippen LogP) is 4.02. The van der Waals surface area contributed by atoms with Crippen molar-refractivity contribution in [3.8, 4) is 22.9 Å². The number of rotatable bonds is 7. The van der Waals surface area contributed by atoms with Crippen molar-refractivity contribution in [2.45, 2.75) is 26.5 Å². The van der Waals surface area contributed by atoms with Crippen LogP contribution in [0.4, 0.5) is 5.69 Å². The number of aromatic nitrogens is 2. The lowest BCUT2D eigenvalue weighted by Crippen LogP contribution is -2.28. The summed E-state index contributed by atoms with van der Waals surface area (Å²) in [7, 11) is 1.62. The molecule has 8 heteroatoms. The number of benzene rings is 2. The van der Waals surface area contributed by atoms with E-state index in [0.29, 0.717) is 23.4 Å². The maximum absolute atomic E-state index is 5.68. The minimum Gasteiger partial charge on any atom is -0.497 e. The number of hydrogen-bond donors (Lipinski definition) is 2. The Bertz CT molecular complexity index is 925. The SMILES string of the molecule is COc1ccc(-c2noc(CNC(=S)Nc3cccc(OC(C)C)c3)n2)cc1. The standard InChI is InChI=1S/C20H22N4O3S/c1-13(2)26-17-6-4-5-15(11-17)22-20(28)21-12-18-23-19(24-27-18)14-7-9-16(25-3)10-8-14/h4-11,13H,12H2,1-3H3,(H2,21,22,28). The number of ether oxygens (including phenoxy) is 2. The number of thiocarbonyl (C=S) groups is 1. The predicted molar refractivity (Wildman–Crippen MR) is 112 cm³/mol. The molecule has 0 aliphatic rings. The van der Waals surface area contributed by atoms with E-state index in [1.54, 1.807) is 7.11 Å². The largest absolute Gasteiger partial charge is 0.497 e. The molecule has 3 rings (SSSR count). The Balaban J connectivity index is 1.54. The van der Waals surface area contributed by atoms with Crippen molar-refractivity contribution < 1.29 is 14.0 Å². The van der Waals surface area contributed by atoms with Gasteiger partial charge >= 0.3 is 0 Å². The summed E-state index contributed by atoms with van der Waals surface area (Å²) >= 11 is 5.33. The number of nitrogens with zero attached hydrogens (tertiary/aromatic N) is 2. The molecule has 0 bridgehead atoms. The fourth-order valence-corrected chi connectivity index (χ4v) is 2.62. The van der Waals surface area contributed by atoms with E-state index in [1.165, 1.54) is 0 Å². The van der Waals surface area contributed by atoms with Crippen LogP contribution >= 0.6 is 12.2 Å². The first-order valence-corrected chi connectivity index (χ1v) is 9.23. The van der Waals surface area contributed by atoms with Gasteiger partial charge in [-0.25, -0.2) is 0 Å². The first-order chi connectivity index (χ1) is 13.5. The Morgan fingerprint density at radius 1 is 1.14 bits per heavy atom. The average Bonchev–Trinajstić information content (AvgIpc) is 3.15. The van der Waals surface area contributed by atoms with Gasteiger partial charge in [0.05, 0.1) is 19.8 Å². The summed E-state index contributed by atoms with van der Waals surface area (Å²) in [5, 5.41) is 10.6. The van der Waals surface area contributed by atoms with Crippen LogP contribution in [0.2, 0.25) is 0 Å². The quantitative estimate of drug-likeness (QED) is 0.578. The molecule has 0 atom stereocenters. The molecule has 0 spiro atoms. The number of anilines is 1. The Morgan fingerprint density at radius 2 is 1.93 bits per heavy atom. The van der Waals surface area contributed by atoms with Crippen molar-refractivity contribution in [3.05, 3.63) is 54.4 Å². The van der Waals surface area contributed by atoms with Gasteiger partial charge < -0.3 is 24.6 Å². The van der Waals surface area contributed by atoms with Gasteiger partial charge in [0.25, 0.3) is 0 Å². The summed E-state index contributed by atoms with van der Waals surface area (Å²) in [5.74, 6) is 2.50. The lowest BCUT2D eigenvalue weighted by atomic mass is 10.2. The minimum atomic E-state index is 0.109. The summed E-state index contributed by atoms with van der Waals surface area (Å²) in [4.78, 5) is 4.37. The molecule has 7 nitrogen and oxygen atoms in total. The molecule has 0 aliphatic carbocycles. The first kappa shape index (κ1) is 19.6. The zero-order chi connectivity index (χ0) is 19.9. The molecule has 0 amide bonds. The van der Waals surface area contributed by atoms with Crippen molar-refractivity contribution >= 4 is 23.0 Å². The maximum atomic E-state index is 5.68. The van der Waals surface area contributed by atoms with Gasteiger partial charge in [0, 0.05) is 17.3 Å². The van der Waals surface area contributed by atoms with Crippen LogP contribution < -0.4 is 20.1 Å². The van der Waals surface area contributed by atoms with Gasteiger partial charge in [0.15, 0.2) is 5.11 Å². The van der Waals surface area contributed by atoms with Gasteiger partial charge in [-0.2, -0.15) is 4.98 Å². The second-order valence-corrected chi connectivity index (χ2v) is 6.65. The van der Waals surface area contributed by atoms with Crippen LogP contribution in [0, 0.1) is 0 Å². The molecular weight excluding hydrogens is 376 g/mol. The maximum Gasteiger partial charge on any atom is 0.246 e. The lowest BCUT2D eigenvalue weighted by molar-refractivity contribution is 0.242. The molecule has 0 unspecified atom stereocenters. The van der Waals surface area contributed by atoms with Gasteiger partial charge in [-0.15, -0.1) is 0 Å². The molecule has 0 saturated heterocycles. The minimum absolute atomic E-state index is 0.109. The van der Waals surface area contributed by atoms with Crippen molar-refractivity contribution in [1.82, 2.24) is 15.5 Å². The van der Waals surface area contributed by atoms with Gasteiger partial charge in [-0.1, -0.05) is 11.2 Å². The molecule has 1 aromatic heterocycles. The molecule has 2 N–H and O–H groups in total. The van der Waals surface area contributed by atoms with Crippen molar-refractivity contribution in [1.29, 1.82) is 0 Å². The highest BCUT2D eigenvalue weighted by molar-refractivity contribution is 7.80. The van der Waals surface area contributed by atoms with Gasteiger partial charge in [-0.05, 0) is 62.5 Å². The third-order valence-electron chi connectivity index (χ3n) is 3.68. The second-order valence-electron chi connectivity index (χ2n) is 6.24. The number of methoxy groups -OCH3 is 1. The van der Waals surface area contributed by atoms with Crippen LogP contribution in [-0.4, -0.2) is 28.5 Å². The van der Waals surface area contributed by atoms with Crippen LogP contribution in [0.25, 0.3) is 11.4 Å². The van der Waals surface area contributed by atoms with Gasteiger partial charge in [-0.3, -0.25) is 0 Å². The van der Waals surface area contributed by atoms with Crippen molar-refractivity contribution in [3.63, 3.8) is 0 Å². The molecular formula is C20H22N4O3S. The molecule has 3 aromatic rings. The van der Waals surface area contributed by atoms with Gasteiger partial charge in [0.1, 0.15) is 11.5 Å². The summed E-state index contributed by atoms with van der Waals surface area (Å²) < 4.78 is 16.1. The van der Waals surface area contributed by atoms with E-state index in [-0.39, 0.29) is 6.10 Å². The molecule has 1 heterocycles. The molecule has 0 radical (unpaired) electrons. The third kappa shape index (κ3) is 5.43. The van der Waals surface area contributed by atoms with Crippen LogP contribution in [0.15, 0.2) is 53.1 Å². The van der Waals surface area contributed by atoms with E-state index in [0.717, 1.165) is 22.7 Å². The Hall–Kier alpha value is -3.13. The van der Waals surface area contributed by atoms with Gasteiger partial charge in [0.2, 0.25) is 11.7 Å². The smallest absolute Gasteiger partial charge is 0.246 e. The lowest BCUT2D eigenvalue weighted by Gasteiger charge is -2.12. The topological polar surface area (TPSA) is 81.4 Å². The fraction of sp³-hybridized carbons (Fsp3) is 0.250. The molecule has 0 fully saturated rings. The summed E-state index contributed by atoms with van der Waals surface area (Å²) in [6.45, 7) is 4.28. The van der Waals surface area contributed by atoms with E-state index in [2.05, 4.69) is 20.8 Å². The Labute approximate surface area is 169 Å². The van der Waals surface area contributed by atoms with E-state index < -0.39 is 0 Å². The number of hydrogen-bond acceptors (Lipinski definition) is 6. The highest BCUT2D eigenvalue weighted by Crippen LogP contribution is 2.20. The van der Waals surface area contributed by atoms with E-state index in [1.807, 2.05) is 62.4 Å². The number of nitrogens with one attached hydrogen (secondary N) is 2. The monoisotopic (exact) mass is 398 g/mol. The molecule has 28 heavy (non-hydrogen) atoms. The van der Waals surface area contributed by atoms with Crippen LogP contribution in [0.5, 0.6) is 11.5 Å². The van der Waals surface area contributed by atoms with E-state index in [4.69, 9.17) is 26.2 Å². The summed E-state index contributed by atoms with van der Waals surface area (Å²) in [6.07, 6.45) is 0.109. The summed E-state index contributed by atoms with van der Waals surface area (Å²) in [5.41, 5.74) is 1.68. The molecule has 2 aromatic carbocycles. The average molecular weight is 398 g/mol. The molecule has 0 saturated carbocycles. The van der Waals surface area contributed by atoms with Crippen LogP contribution in [-0.2, 0) is 6.54 Å². The Kier molecular flexibility index (Phi) is 6.44. The van der Waals surface area contributed by atoms with E-state index >= 15 is 0 Å². The van der Waals surface area contributed by atoms with Crippen molar-refractivity contribution in [2.24, 2.45) is 0 Å². The third-order valence-corrected chi connectivity index (χ3v) is 3.93. The zero-order valence-corrected chi connectivity index (χ0v) is 16.7. The second kappa shape index (κ2) is 9.18. The van der Waals surface area contributed by atoms with Crippen LogP contribution in [0.1, 0.15) is 19.7 Å². The molecule has 146 valence electrons.